The monoisotopic (exact) mass is 405 g/mol. The van der Waals surface area contributed by atoms with Gasteiger partial charge in [-0.05, 0) is 46.3 Å². The van der Waals surface area contributed by atoms with Crippen LogP contribution in [0.25, 0.3) is 0 Å². The van der Waals surface area contributed by atoms with Gasteiger partial charge in [-0.25, -0.2) is 4.39 Å². The van der Waals surface area contributed by atoms with Gasteiger partial charge in [0.25, 0.3) is 5.91 Å². The number of rotatable bonds is 3. The van der Waals surface area contributed by atoms with Crippen LogP contribution in [-0.4, -0.2) is 17.9 Å². The summed E-state index contributed by atoms with van der Waals surface area (Å²) in [5.74, 6) is -0.837. The van der Waals surface area contributed by atoms with E-state index in [1.165, 1.54) is 17.0 Å². The van der Waals surface area contributed by atoms with E-state index < -0.39 is 5.82 Å². The highest BCUT2D eigenvalue weighted by atomic mass is 79.9. The fraction of sp³-hybridized carbons (Fsp3) is 0.154. The summed E-state index contributed by atoms with van der Waals surface area (Å²) < 4.78 is 15.3. The zero-order valence-electron chi connectivity index (χ0n) is 9.99. The minimum atomic E-state index is -0.507. The molecule has 0 aliphatic carbocycles. The molecule has 0 fully saturated rings. The van der Waals surface area contributed by atoms with Gasteiger partial charge < -0.3 is 4.90 Å². The SMILES string of the molecule is CN(Cc1ccc(Br)s1)C(=O)c1cc(Br)ccc1F. The van der Waals surface area contributed by atoms with Gasteiger partial charge in [-0.2, -0.15) is 0 Å². The van der Waals surface area contributed by atoms with E-state index in [9.17, 15) is 9.18 Å². The maximum atomic E-state index is 13.7. The van der Waals surface area contributed by atoms with Crippen molar-refractivity contribution in [2.45, 2.75) is 6.54 Å². The summed E-state index contributed by atoms with van der Waals surface area (Å²) in [7, 11) is 1.66. The summed E-state index contributed by atoms with van der Waals surface area (Å²) >= 11 is 8.17. The van der Waals surface area contributed by atoms with E-state index in [4.69, 9.17) is 0 Å². The maximum Gasteiger partial charge on any atom is 0.256 e. The van der Waals surface area contributed by atoms with Crippen LogP contribution in [0.5, 0.6) is 0 Å². The topological polar surface area (TPSA) is 20.3 Å². The van der Waals surface area contributed by atoms with Gasteiger partial charge in [0.15, 0.2) is 0 Å². The van der Waals surface area contributed by atoms with Crippen LogP contribution >= 0.6 is 43.2 Å². The van der Waals surface area contributed by atoms with E-state index >= 15 is 0 Å². The van der Waals surface area contributed by atoms with E-state index in [0.29, 0.717) is 11.0 Å². The third-order valence-corrected chi connectivity index (χ3v) is 4.63. The number of nitrogens with zero attached hydrogens (tertiary/aromatic N) is 1. The van der Waals surface area contributed by atoms with Crippen molar-refractivity contribution in [3.05, 3.63) is 54.8 Å². The van der Waals surface area contributed by atoms with Gasteiger partial charge >= 0.3 is 0 Å². The highest BCUT2D eigenvalue weighted by Crippen LogP contribution is 2.24. The molecule has 1 heterocycles. The van der Waals surface area contributed by atoms with Crippen LogP contribution < -0.4 is 0 Å². The first kappa shape index (κ1) is 14.7. The number of halogens is 3. The number of carbonyl (C=O) groups excluding carboxylic acids is 1. The van der Waals surface area contributed by atoms with Crippen molar-refractivity contribution in [3.63, 3.8) is 0 Å². The third kappa shape index (κ3) is 3.64. The van der Waals surface area contributed by atoms with E-state index in [0.717, 1.165) is 8.66 Å². The fourth-order valence-corrected chi connectivity index (χ4v) is 3.51. The Bertz CT molecular complexity index is 614. The molecule has 0 aliphatic heterocycles. The van der Waals surface area contributed by atoms with Gasteiger partial charge in [0, 0.05) is 16.4 Å². The Morgan fingerprint density at radius 1 is 1.32 bits per heavy atom. The molecular formula is C13H10Br2FNOS. The summed E-state index contributed by atoms with van der Waals surface area (Å²) in [6, 6.07) is 8.22. The Morgan fingerprint density at radius 2 is 2.05 bits per heavy atom. The first-order valence-electron chi connectivity index (χ1n) is 5.42. The molecule has 0 aliphatic rings. The van der Waals surface area contributed by atoms with Crippen LogP contribution in [0, 0.1) is 5.82 Å². The summed E-state index contributed by atoms with van der Waals surface area (Å²) in [5, 5.41) is 0. The Hall–Kier alpha value is -0.720. The molecule has 1 aromatic heterocycles. The average molecular weight is 407 g/mol. The first-order chi connectivity index (χ1) is 8.97. The highest BCUT2D eigenvalue weighted by molar-refractivity contribution is 9.11. The van der Waals surface area contributed by atoms with Crippen molar-refractivity contribution in [2.75, 3.05) is 7.05 Å². The number of benzene rings is 1. The molecule has 2 nitrogen and oxygen atoms in total. The van der Waals surface area contributed by atoms with E-state index in [1.807, 2.05) is 12.1 Å². The highest BCUT2D eigenvalue weighted by Gasteiger charge is 2.17. The lowest BCUT2D eigenvalue weighted by atomic mass is 10.2. The third-order valence-electron chi connectivity index (χ3n) is 2.53. The van der Waals surface area contributed by atoms with Crippen LogP contribution in [-0.2, 0) is 6.54 Å². The van der Waals surface area contributed by atoms with Gasteiger partial charge in [-0.1, -0.05) is 15.9 Å². The minimum Gasteiger partial charge on any atom is -0.336 e. The van der Waals surface area contributed by atoms with Gasteiger partial charge in [-0.15, -0.1) is 11.3 Å². The van der Waals surface area contributed by atoms with Gasteiger partial charge in [0.05, 0.1) is 15.9 Å². The summed E-state index contributed by atoms with van der Waals surface area (Å²) in [6.07, 6.45) is 0. The molecule has 6 heteroatoms. The zero-order chi connectivity index (χ0) is 14.0. The van der Waals surface area contributed by atoms with Crippen molar-refractivity contribution in [1.82, 2.24) is 4.90 Å². The average Bonchev–Trinajstić information content (AvgIpc) is 2.77. The second-order valence-corrected chi connectivity index (χ2v) is 7.45. The number of thiophene rings is 1. The van der Waals surface area contributed by atoms with Crippen molar-refractivity contribution >= 4 is 49.1 Å². The maximum absolute atomic E-state index is 13.7. The van der Waals surface area contributed by atoms with E-state index in [2.05, 4.69) is 31.9 Å². The van der Waals surface area contributed by atoms with Gasteiger partial charge in [-0.3, -0.25) is 4.79 Å². The molecule has 0 saturated heterocycles. The largest absolute Gasteiger partial charge is 0.336 e. The molecule has 0 atom stereocenters. The molecule has 0 saturated carbocycles. The molecule has 0 unspecified atom stereocenters. The van der Waals surface area contributed by atoms with Crippen molar-refractivity contribution in [1.29, 1.82) is 0 Å². The molecule has 0 N–H and O–H groups in total. The summed E-state index contributed by atoms with van der Waals surface area (Å²) in [6.45, 7) is 0.459. The predicted octanol–water partition coefficient (Wildman–Crippen LogP) is 4.68. The molecule has 1 amide bonds. The van der Waals surface area contributed by atoms with Crippen LogP contribution in [0.3, 0.4) is 0 Å². The Balaban J connectivity index is 2.16. The zero-order valence-corrected chi connectivity index (χ0v) is 14.0. The summed E-state index contributed by atoms with van der Waals surface area (Å²) in [4.78, 5) is 14.7. The molecule has 0 bridgehead atoms. The number of hydrogen-bond donors (Lipinski definition) is 0. The fourth-order valence-electron chi connectivity index (χ4n) is 1.61. The molecule has 2 aromatic rings. The van der Waals surface area contributed by atoms with Crippen LogP contribution in [0.4, 0.5) is 4.39 Å². The van der Waals surface area contributed by atoms with Crippen molar-refractivity contribution in [2.24, 2.45) is 0 Å². The molecule has 0 spiro atoms. The predicted molar refractivity (Wildman–Crippen MR) is 81.9 cm³/mol. The molecule has 1 aromatic carbocycles. The van der Waals surface area contributed by atoms with Crippen LogP contribution in [0.1, 0.15) is 15.2 Å². The Kier molecular flexibility index (Phi) is 4.76. The van der Waals surface area contributed by atoms with E-state index in [1.54, 1.807) is 24.5 Å². The standard InChI is InChI=1S/C13H10Br2FNOS/c1-17(7-9-3-5-12(15)19-9)13(18)10-6-8(14)2-4-11(10)16/h2-6H,7H2,1H3. The molecule has 100 valence electrons. The minimum absolute atomic E-state index is 0.0764. The normalized spacial score (nSPS) is 10.5. The van der Waals surface area contributed by atoms with Gasteiger partial charge in [0.1, 0.15) is 5.82 Å². The molecule has 19 heavy (non-hydrogen) atoms. The lowest BCUT2D eigenvalue weighted by molar-refractivity contribution is 0.0781. The lowest BCUT2D eigenvalue weighted by Crippen LogP contribution is -2.26. The summed E-state index contributed by atoms with van der Waals surface area (Å²) in [5.41, 5.74) is 0.0764. The molecular weight excluding hydrogens is 397 g/mol. The first-order valence-corrected chi connectivity index (χ1v) is 7.82. The molecule has 2 rings (SSSR count). The number of hydrogen-bond acceptors (Lipinski definition) is 2. The molecule has 0 radical (unpaired) electrons. The lowest BCUT2D eigenvalue weighted by Gasteiger charge is -2.16. The smallest absolute Gasteiger partial charge is 0.256 e. The van der Waals surface area contributed by atoms with Crippen molar-refractivity contribution < 1.29 is 9.18 Å². The van der Waals surface area contributed by atoms with E-state index in [-0.39, 0.29) is 11.5 Å². The Morgan fingerprint density at radius 3 is 2.68 bits per heavy atom. The van der Waals surface area contributed by atoms with Crippen LogP contribution in [0.15, 0.2) is 38.6 Å². The quantitative estimate of drug-likeness (QED) is 0.724. The number of amides is 1. The Labute approximate surface area is 131 Å². The van der Waals surface area contributed by atoms with Gasteiger partial charge in [0.2, 0.25) is 0 Å². The second kappa shape index (κ2) is 6.15. The van der Waals surface area contributed by atoms with Crippen molar-refractivity contribution in [3.8, 4) is 0 Å². The second-order valence-electron chi connectivity index (χ2n) is 3.99. The van der Waals surface area contributed by atoms with Crippen LogP contribution in [0.2, 0.25) is 0 Å². The number of carbonyl (C=O) groups is 1.